The molecule has 0 radical (unpaired) electrons. The first kappa shape index (κ1) is 16.5. The Morgan fingerprint density at radius 3 is 2.50 bits per heavy atom. The molecule has 1 aliphatic heterocycles. The highest BCUT2D eigenvalue weighted by Crippen LogP contribution is 2.42. The number of allylic oxidation sites excluding steroid dienone is 1. The molecule has 4 rings (SSSR count). The highest BCUT2D eigenvalue weighted by atomic mass is 16.5. The van der Waals surface area contributed by atoms with Gasteiger partial charge in [-0.1, -0.05) is 18.2 Å². The highest BCUT2D eigenvalue weighted by Gasteiger charge is 2.32. The molecule has 5 nitrogen and oxygen atoms in total. The van der Waals surface area contributed by atoms with E-state index in [0.717, 1.165) is 41.1 Å². The molecule has 0 amide bonds. The van der Waals surface area contributed by atoms with E-state index in [1.807, 2.05) is 42.5 Å². The van der Waals surface area contributed by atoms with Gasteiger partial charge in [-0.05, 0) is 42.7 Å². The molecule has 1 aliphatic carbocycles. The Balaban J connectivity index is 1.86. The Morgan fingerprint density at radius 2 is 1.73 bits per heavy atom. The van der Waals surface area contributed by atoms with Crippen LogP contribution < -0.4 is 20.1 Å². The van der Waals surface area contributed by atoms with Crippen molar-refractivity contribution in [2.75, 3.05) is 24.9 Å². The van der Waals surface area contributed by atoms with Crippen molar-refractivity contribution in [3.05, 3.63) is 59.3 Å². The molecular weight excluding hydrogens is 328 g/mol. The van der Waals surface area contributed by atoms with Gasteiger partial charge in [0.25, 0.3) is 0 Å². The summed E-state index contributed by atoms with van der Waals surface area (Å²) in [5.74, 6) is 1.52. The fraction of sp³-hybridized carbons (Fsp3) is 0.286. The summed E-state index contributed by atoms with van der Waals surface area (Å²) >= 11 is 0. The standard InChI is InChI=1S/C21H22N2O3/c1-25-18-11-10-13(12-19(18)26-2)21-20-16(8-5-9-17(20)24)22-14-6-3-4-7-15(14)23-21/h3-4,6-7,10-12,21-23H,5,8-9H2,1-2H3/t21-/m1/s1. The van der Waals surface area contributed by atoms with Crippen LogP contribution in [0, 0.1) is 0 Å². The summed E-state index contributed by atoms with van der Waals surface area (Å²) < 4.78 is 10.8. The number of anilines is 2. The van der Waals surface area contributed by atoms with Crippen molar-refractivity contribution in [3.63, 3.8) is 0 Å². The smallest absolute Gasteiger partial charge is 0.163 e. The van der Waals surface area contributed by atoms with Crippen LogP contribution in [0.15, 0.2) is 53.7 Å². The summed E-state index contributed by atoms with van der Waals surface area (Å²) in [6.07, 6.45) is 2.34. The van der Waals surface area contributed by atoms with Crippen molar-refractivity contribution in [2.24, 2.45) is 0 Å². The van der Waals surface area contributed by atoms with Crippen LogP contribution in [0.3, 0.4) is 0 Å². The maximum absolute atomic E-state index is 12.8. The Bertz CT molecular complexity index is 889. The normalized spacial score (nSPS) is 18.8. The molecule has 0 saturated carbocycles. The monoisotopic (exact) mass is 350 g/mol. The summed E-state index contributed by atoms with van der Waals surface area (Å²) in [6, 6.07) is 13.6. The molecule has 1 heterocycles. The van der Waals surface area contributed by atoms with Crippen molar-refractivity contribution >= 4 is 17.2 Å². The van der Waals surface area contributed by atoms with E-state index in [1.54, 1.807) is 14.2 Å². The van der Waals surface area contributed by atoms with Gasteiger partial charge in [0, 0.05) is 17.7 Å². The molecule has 0 aromatic heterocycles. The molecule has 0 bridgehead atoms. The van der Waals surface area contributed by atoms with Crippen LogP contribution in [0.1, 0.15) is 30.9 Å². The summed E-state index contributed by atoms with van der Waals surface area (Å²) in [4.78, 5) is 12.8. The number of ketones is 1. The van der Waals surface area contributed by atoms with Crippen LogP contribution in [-0.4, -0.2) is 20.0 Å². The molecule has 134 valence electrons. The molecular formula is C21H22N2O3. The largest absolute Gasteiger partial charge is 0.493 e. The third-order valence-electron chi connectivity index (χ3n) is 5.00. The van der Waals surface area contributed by atoms with Gasteiger partial charge < -0.3 is 20.1 Å². The Hall–Kier alpha value is -2.95. The van der Waals surface area contributed by atoms with Crippen molar-refractivity contribution in [3.8, 4) is 11.5 Å². The van der Waals surface area contributed by atoms with Gasteiger partial charge in [0.05, 0.1) is 31.6 Å². The average Bonchev–Trinajstić information content (AvgIpc) is 2.84. The number of ether oxygens (including phenoxy) is 2. The van der Waals surface area contributed by atoms with Gasteiger partial charge in [0.15, 0.2) is 17.3 Å². The molecule has 0 saturated heterocycles. The number of methoxy groups -OCH3 is 2. The minimum absolute atomic E-state index is 0.193. The summed E-state index contributed by atoms with van der Waals surface area (Å²) in [6.45, 7) is 0. The van der Waals surface area contributed by atoms with Gasteiger partial charge in [0.2, 0.25) is 0 Å². The molecule has 1 atom stereocenters. The molecule has 2 aliphatic rings. The molecule has 26 heavy (non-hydrogen) atoms. The lowest BCUT2D eigenvalue weighted by molar-refractivity contribution is -0.116. The Morgan fingerprint density at radius 1 is 0.962 bits per heavy atom. The van der Waals surface area contributed by atoms with Crippen LogP contribution in [0.5, 0.6) is 11.5 Å². The number of fused-ring (bicyclic) bond motifs is 1. The van der Waals surface area contributed by atoms with Crippen molar-refractivity contribution < 1.29 is 14.3 Å². The number of carbonyl (C=O) groups excluding carboxylic acids is 1. The zero-order valence-electron chi connectivity index (χ0n) is 15.0. The second-order valence-electron chi connectivity index (χ2n) is 6.53. The van der Waals surface area contributed by atoms with E-state index in [-0.39, 0.29) is 11.8 Å². The fourth-order valence-electron chi connectivity index (χ4n) is 3.72. The van der Waals surface area contributed by atoms with Gasteiger partial charge in [-0.15, -0.1) is 0 Å². The highest BCUT2D eigenvalue weighted by molar-refractivity contribution is 6.00. The number of hydrogen-bond acceptors (Lipinski definition) is 5. The lowest BCUT2D eigenvalue weighted by atomic mass is 9.86. The van der Waals surface area contributed by atoms with Gasteiger partial charge >= 0.3 is 0 Å². The molecule has 2 aromatic rings. The van der Waals surface area contributed by atoms with Crippen LogP contribution in [0.2, 0.25) is 0 Å². The summed E-state index contributed by atoms with van der Waals surface area (Å²) in [5, 5.41) is 7.04. The summed E-state index contributed by atoms with van der Waals surface area (Å²) in [5.41, 5.74) is 4.79. The first-order valence-electron chi connectivity index (χ1n) is 8.82. The van der Waals surface area contributed by atoms with Gasteiger partial charge in [-0.3, -0.25) is 4.79 Å². The first-order chi connectivity index (χ1) is 12.7. The third kappa shape index (κ3) is 2.79. The zero-order chi connectivity index (χ0) is 18.1. The number of hydrogen-bond donors (Lipinski definition) is 2. The maximum atomic E-state index is 12.8. The molecule has 0 spiro atoms. The molecule has 2 aromatic carbocycles. The van der Waals surface area contributed by atoms with Gasteiger partial charge in [0.1, 0.15) is 0 Å². The number of nitrogens with one attached hydrogen (secondary N) is 2. The minimum Gasteiger partial charge on any atom is -0.493 e. The second kappa shape index (κ2) is 6.75. The van der Waals surface area contributed by atoms with E-state index >= 15 is 0 Å². The molecule has 0 unspecified atom stereocenters. The molecule has 0 fully saturated rings. The van der Waals surface area contributed by atoms with Crippen molar-refractivity contribution in [1.29, 1.82) is 0 Å². The predicted octanol–water partition coefficient (Wildman–Crippen LogP) is 4.29. The van der Waals surface area contributed by atoms with Crippen molar-refractivity contribution in [1.82, 2.24) is 0 Å². The SMILES string of the molecule is COc1ccc([C@H]2Nc3ccccc3NC3=C2C(=O)CCC3)cc1OC. The predicted molar refractivity (Wildman–Crippen MR) is 102 cm³/mol. The number of carbonyl (C=O) groups is 1. The zero-order valence-corrected chi connectivity index (χ0v) is 15.0. The molecule has 5 heteroatoms. The first-order valence-corrected chi connectivity index (χ1v) is 8.82. The van der Waals surface area contributed by atoms with Crippen LogP contribution in [0.4, 0.5) is 11.4 Å². The third-order valence-corrected chi connectivity index (χ3v) is 5.00. The van der Waals surface area contributed by atoms with E-state index in [9.17, 15) is 4.79 Å². The maximum Gasteiger partial charge on any atom is 0.163 e. The van der Waals surface area contributed by atoms with E-state index in [0.29, 0.717) is 17.9 Å². The van der Waals surface area contributed by atoms with Gasteiger partial charge in [-0.25, -0.2) is 0 Å². The number of benzene rings is 2. The van der Waals surface area contributed by atoms with E-state index < -0.39 is 0 Å². The summed E-state index contributed by atoms with van der Waals surface area (Å²) in [7, 11) is 3.24. The van der Waals surface area contributed by atoms with Crippen LogP contribution in [0.25, 0.3) is 0 Å². The number of para-hydroxylation sites is 2. The Labute approximate surface area is 153 Å². The molecule has 2 N–H and O–H groups in total. The lowest BCUT2D eigenvalue weighted by Crippen LogP contribution is -2.23. The minimum atomic E-state index is -0.228. The fourth-order valence-corrected chi connectivity index (χ4v) is 3.72. The second-order valence-corrected chi connectivity index (χ2v) is 6.53. The number of Topliss-reactive ketones (excluding diaryl/α,β-unsaturated/α-hetero) is 1. The van der Waals surface area contributed by atoms with E-state index in [4.69, 9.17) is 9.47 Å². The van der Waals surface area contributed by atoms with Crippen molar-refractivity contribution in [2.45, 2.75) is 25.3 Å². The quantitative estimate of drug-likeness (QED) is 0.865. The van der Waals surface area contributed by atoms with Crippen LogP contribution >= 0.6 is 0 Å². The van der Waals surface area contributed by atoms with E-state index in [2.05, 4.69) is 10.6 Å². The Kier molecular flexibility index (Phi) is 4.29. The number of rotatable bonds is 3. The lowest BCUT2D eigenvalue weighted by Gasteiger charge is -2.26. The topological polar surface area (TPSA) is 59.6 Å². The van der Waals surface area contributed by atoms with Gasteiger partial charge in [-0.2, -0.15) is 0 Å². The van der Waals surface area contributed by atoms with E-state index in [1.165, 1.54) is 0 Å². The van der Waals surface area contributed by atoms with Crippen LogP contribution in [-0.2, 0) is 4.79 Å². The average molecular weight is 350 g/mol.